The number of aromatic nitrogens is 1. The van der Waals surface area contributed by atoms with Gasteiger partial charge in [-0.05, 0) is 43.3 Å². The highest BCUT2D eigenvalue weighted by Gasteiger charge is 2.21. The van der Waals surface area contributed by atoms with Gasteiger partial charge in [0, 0.05) is 19.7 Å². The van der Waals surface area contributed by atoms with Crippen LogP contribution in [0, 0.1) is 0 Å². The molecule has 0 saturated heterocycles. The van der Waals surface area contributed by atoms with Crippen molar-refractivity contribution in [1.29, 1.82) is 0 Å². The minimum Gasteiger partial charge on any atom is -0.484 e. The smallest absolute Gasteiger partial charge is 0.260 e. The third-order valence-corrected chi connectivity index (χ3v) is 5.39. The lowest BCUT2D eigenvalue weighted by Gasteiger charge is -2.23. The number of benzene rings is 2. The monoisotopic (exact) mass is 383 g/mol. The van der Waals surface area contributed by atoms with E-state index in [0.29, 0.717) is 11.4 Å². The van der Waals surface area contributed by atoms with Crippen molar-refractivity contribution < 1.29 is 14.3 Å². The molecule has 27 heavy (non-hydrogen) atoms. The van der Waals surface area contributed by atoms with Crippen molar-refractivity contribution in [2.24, 2.45) is 0 Å². The van der Waals surface area contributed by atoms with E-state index in [9.17, 15) is 9.59 Å². The largest absolute Gasteiger partial charge is 0.484 e. The number of hydrogen-bond acceptors (Lipinski definition) is 5. The summed E-state index contributed by atoms with van der Waals surface area (Å²) < 4.78 is 6.68. The maximum absolute atomic E-state index is 12.5. The Bertz CT molecular complexity index is 920. The first-order valence-corrected chi connectivity index (χ1v) is 9.37. The topological polar surface area (TPSA) is 71.5 Å². The van der Waals surface area contributed by atoms with Gasteiger partial charge >= 0.3 is 0 Å². The summed E-state index contributed by atoms with van der Waals surface area (Å²) in [6.45, 7) is 3.34. The fraction of sp³-hybridized carbons (Fsp3) is 0.250. The van der Waals surface area contributed by atoms with Crippen LogP contribution in [0.4, 0.5) is 5.69 Å². The highest BCUT2D eigenvalue weighted by Crippen LogP contribution is 2.28. The van der Waals surface area contributed by atoms with Gasteiger partial charge in [0.15, 0.2) is 6.61 Å². The zero-order chi connectivity index (χ0) is 19.4. The molecule has 0 fully saturated rings. The zero-order valence-electron chi connectivity index (χ0n) is 15.4. The second kappa shape index (κ2) is 8.18. The summed E-state index contributed by atoms with van der Waals surface area (Å²) in [4.78, 5) is 29.8. The number of para-hydroxylation sites is 1. The van der Waals surface area contributed by atoms with Gasteiger partial charge in [0.2, 0.25) is 5.91 Å². The zero-order valence-corrected chi connectivity index (χ0v) is 16.2. The molecule has 0 radical (unpaired) electrons. The summed E-state index contributed by atoms with van der Waals surface area (Å²) in [6.07, 6.45) is 0. The molecule has 3 aromatic rings. The number of thiazole rings is 1. The van der Waals surface area contributed by atoms with Crippen LogP contribution in [0.1, 0.15) is 24.9 Å². The second-order valence-corrected chi connectivity index (χ2v) is 7.26. The third kappa shape index (κ3) is 4.62. The highest BCUT2D eigenvalue weighted by atomic mass is 32.1. The molecule has 0 aliphatic heterocycles. The van der Waals surface area contributed by atoms with Crippen LogP contribution < -0.4 is 10.1 Å². The number of nitrogens with zero attached hydrogens (tertiary/aromatic N) is 2. The number of nitrogens with one attached hydrogen (secondary N) is 1. The Hall–Kier alpha value is -2.93. The van der Waals surface area contributed by atoms with Gasteiger partial charge in [-0.25, -0.2) is 4.98 Å². The molecule has 2 amide bonds. The van der Waals surface area contributed by atoms with Crippen LogP contribution in [0.3, 0.4) is 0 Å². The average molecular weight is 383 g/mol. The molecule has 7 heteroatoms. The van der Waals surface area contributed by atoms with Crippen molar-refractivity contribution in [2.45, 2.75) is 19.9 Å². The number of likely N-dealkylation sites (N-methyl/N-ethyl adjacent to an activating group) is 1. The maximum Gasteiger partial charge on any atom is 0.260 e. The molecular weight excluding hydrogens is 362 g/mol. The molecule has 140 valence electrons. The number of carbonyl (C=O) groups is 2. The first kappa shape index (κ1) is 18.8. The molecule has 0 spiro atoms. The molecule has 1 atom stereocenters. The van der Waals surface area contributed by atoms with Crippen molar-refractivity contribution in [3.8, 4) is 5.75 Å². The Morgan fingerprint density at radius 1 is 1.19 bits per heavy atom. The number of ether oxygens (including phenoxy) is 1. The Morgan fingerprint density at radius 3 is 2.56 bits per heavy atom. The Morgan fingerprint density at radius 2 is 1.89 bits per heavy atom. The highest BCUT2D eigenvalue weighted by molar-refractivity contribution is 7.18. The number of fused-ring (bicyclic) bond motifs is 1. The number of hydrogen-bond donors (Lipinski definition) is 1. The number of anilines is 1. The van der Waals surface area contributed by atoms with E-state index in [1.165, 1.54) is 6.92 Å². The van der Waals surface area contributed by atoms with Gasteiger partial charge < -0.3 is 15.0 Å². The van der Waals surface area contributed by atoms with E-state index in [4.69, 9.17) is 4.74 Å². The van der Waals surface area contributed by atoms with Crippen molar-refractivity contribution in [3.05, 3.63) is 53.5 Å². The van der Waals surface area contributed by atoms with E-state index in [1.54, 1.807) is 47.5 Å². The maximum atomic E-state index is 12.5. The fourth-order valence-corrected chi connectivity index (χ4v) is 3.60. The quantitative estimate of drug-likeness (QED) is 0.702. The van der Waals surface area contributed by atoms with Gasteiger partial charge in [-0.15, -0.1) is 11.3 Å². The molecule has 0 aliphatic carbocycles. The molecule has 0 bridgehead atoms. The molecule has 1 aromatic heterocycles. The van der Waals surface area contributed by atoms with Gasteiger partial charge in [0.1, 0.15) is 10.8 Å². The molecule has 1 heterocycles. The first-order chi connectivity index (χ1) is 12.9. The summed E-state index contributed by atoms with van der Waals surface area (Å²) in [6, 6.07) is 14.7. The standard InChI is InChI=1S/C20H21N3O3S/c1-13(20-22-17-6-4-5-7-18(17)27-20)23(3)19(25)12-26-16-10-8-15(9-11-16)21-14(2)24/h4-11,13H,12H2,1-3H3,(H,21,24)/t13-/m1/s1. The molecular formula is C20H21N3O3S. The van der Waals surface area contributed by atoms with Crippen LogP contribution in [-0.4, -0.2) is 35.4 Å². The van der Waals surface area contributed by atoms with E-state index in [0.717, 1.165) is 15.2 Å². The van der Waals surface area contributed by atoms with Crippen molar-refractivity contribution >= 4 is 39.1 Å². The van der Waals surface area contributed by atoms with E-state index in [2.05, 4.69) is 10.3 Å². The SMILES string of the molecule is CC(=O)Nc1ccc(OCC(=O)N(C)[C@H](C)c2nc3ccccc3s2)cc1. The van der Waals surface area contributed by atoms with Gasteiger partial charge in [-0.3, -0.25) is 9.59 Å². The number of amides is 2. The van der Waals surface area contributed by atoms with Crippen LogP contribution in [0.5, 0.6) is 5.75 Å². The molecule has 0 saturated carbocycles. The van der Waals surface area contributed by atoms with Crippen LogP contribution >= 0.6 is 11.3 Å². The Labute approximate surface area is 161 Å². The lowest BCUT2D eigenvalue weighted by molar-refractivity contribution is -0.134. The summed E-state index contributed by atoms with van der Waals surface area (Å²) >= 11 is 1.59. The van der Waals surface area contributed by atoms with E-state index in [1.807, 2.05) is 31.2 Å². The van der Waals surface area contributed by atoms with Crippen molar-refractivity contribution in [2.75, 3.05) is 19.0 Å². The average Bonchev–Trinajstić information content (AvgIpc) is 3.09. The van der Waals surface area contributed by atoms with Crippen LogP contribution in [-0.2, 0) is 9.59 Å². The van der Waals surface area contributed by atoms with Gasteiger partial charge in [0.05, 0.1) is 16.3 Å². The summed E-state index contributed by atoms with van der Waals surface area (Å²) in [7, 11) is 1.75. The molecule has 0 unspecified atom stereocenters. The molecule has 2 aromatic carbocycles. The predicted molar refractivity (Wildman–Crippen MR) is 107 cm³/mol. The first-order valence-electron chi connectivity index (χ1n) is 8.55. The Balaban J connectivity index is 1.59. The molecule has 3 rings (SSSR count). The third-order valence-electron chi connectivity index (χ3n) is 4.18. The summed E-state index contributed by atoms with van der Waals surface area (Å²) in [5, 5.41) is 3.58. The van der Waals surface area contributed by atoms with E-state index in [-0.39, 0.29) is 24.5 Å². The van der Waals surface area contributed by atoms with Crippen LogP contribution in [0.15, 0.2) is 48.5 Å². The fourth-order valence-electron chi connectivity index (χ4n) is 2.54. The normalized spacial score (nSPS) is 11.8. The van der Waals surface area contributed by atoms with Gasteiger partial charge in [-0.1, -0.05) is 12.1 Å². The van der Waals surface area contributed by atoms with Gasteiger partial charge in [-0.2, -0.15) is 0 Å². The van der Waals surface area contributed by atoms with Crippen molar-refractivity contribution in [1.82, 2.24) is 9.88 Å². The Kier molecular flexibility index (Phi) is 5.71. The summed E-state index contributed by atoms with van der Waals surface area (Å²) in [5.41, 5.74) is 1.63. The van der Waals surface area contributed by atoms with Crippen LogP contribution in [0.25, 0.3) is 10.2 Å². The van der Waals surface area contributed by atoms with E-state index >= 15 is 0 Å². The second-order valence-electron chi connectivity index (χ2n) is 6.19. The molecule has 0 aliphatic rings. The lowest BCUT2D eigenvalue weighted by atomic mass is 10.3. The number of carbonyl (C=O) groups excluding carboxylic acids is 2. The number of rotatable bonds is 6. The minimum absolute atomic E-state index is 0.0643. The van der Waals surface area contributed by atoms with Crippen LogP contribution in [0.2, 0.25) is 0 Å². The summed E-state index contributed by atoms with van der Waals surface area (Å²) in [5.74, 6) is 0.301. The lowest BCUT2D eigenvalue weighted by Crippen LogP contribution is -2.33. The van der Waals surface area contributed by atoms with Crippen molar-refractivity contribution in [3.63, 3.8) is 0 Å². The minimum atomic E-state index is -0.138. The van der Waals surface area contributed by atoms with E-state index < -0.39 is 0 Å². The predicted octanol–water partition coefficient (Wildman–Crippen LogP) is 3.85. The molecule has 1 N–H and O–H groups in total. The molecule has 6 nitrogen and oxygen atoms in total. The van der Waals surface area contributed by atoms with Gasteiger partial charge in [0.25, 0.3) is 5.91 Å².